The number of aryl methyl sites for hydroxylation is 1. The fourth-order valence-electron chi connectivity index (χ4n) is 2.31. The third kappa shape index (κ3) is 4.26. The van der Waals surface area contributed by atoms with Crippen LogP contribution < -0.4 is 10.0 Å². The van der Waals surface area contributed by atoms with E-state index in [1.54, 1.807) is 6.07 Å². The molecule has 21 heavy (non-hydrogen) atoms. The Bertz CT molecular complexity index is 587. The molecule has 1 aliphatic rings. The highest BCUT2D eigenvalue weighted by molar-refractivity contribution is 7.89. The van der Waals surface area contributed by atoms with Crippen LogP contribution in [0.5, 0.6) is 0 Å². The van der Waals surface area contributed by atoms with Crippen molar-refractivity contribution in [3.63, 3.8) is 0 Å². The Balaban J connectivity index is 2.16. The van der Waals surface area contributed by atoms with Crippen molar-refractivity contribution < 1.29 is 13.2 Å². The van der Waals surface area contributed by atoms with Gasteiger partial charge in [0.2, 0.25) is 10.0 Å². The van der Waals surface area contributed by atoms with Gasteiger partial charge in [-0.3, -0.25) is 0 Å². The number of nitrogens with one attached hydrogen (secondary N) is 2. The first-order chi connectivity index (χ1) is 9.72. The van der Waals surface area contributed by atoms with E-state index < -0.39 is 15.6 Å². The van der Waals surface area contributed by atoms with E-state index in [9.17, 15) is 8.42 Å². The van der Waals surface area contributed by atoms with Crippen molar-refractivity contribution in [1.82, 2.24) is 10.0 Å². The quantitative estimate of drug-likeness (QED) is 0.836. The van der Waals surface area contributed by atoms with E-state index in [1.807, 2.05) is 13.8 Å². The lowest BCUT2D eigenvalue weighted by atomic mass is 10.0. The molecule has 1 atom stereocenters. The van der Waals surface area contributed by atoms with Crippen molar-refractivity contribution in [1.29, 1.82) is 0 Å². The highest BCUT2D eigenvalue weighted by Gasteiger charge is 2.35. The van der Waals surface area contributed by atoms with Crippen LogP contribution in [0.2, 0.25) is 0 Å². The van der Waals surface area contributed by atoms with Gasteiger partial charge in [0.15, 0.2) is 0 Å². The van der Waals surface area contributed by atoms with Gasteiger partial charge in [0.05, 0.1) is 17.0 Å². The first kappa shape index (κ1) is 16.9. The van der Waals surface area contributed by atoms with Crippen molar-refractivity contribution in [2.45, 2.75) is 57.1 Å². The molecule has 0 radical (unpaired) electrons. The predicted molar refractivity (Wildman–Crippen MR) is 85.2 cm³/mol. The lowest BCUT2D eigenvalue weighted by Crippen LogP contribution is -2.46. The Hall–Kier alpha value is -0.470. The van der Waals surface area contributed by atoms with Crippen LogP contribution in [-0.4, -0.2) is 33.2 Å². The van der Waals surface area contributed by atoms with Gasteiger partial charge in [-0.2, -0.15) is 0 Å². The normalized spacial score (nSPS) is 23.1. The summed E-state index contributed by atoms with van der Waals surface area (Å²) in [5.74, 6) is 0. The zero-order valence-electron chi connectivity index (χ0n) is 13.0. The molecule has 1 unspecified atom stereocenters. The lowest BCUT2D eigenvalue weighted by molar-refractivity contribution is 0.178. The Morgan fingerprint density at radius 2 is 2.19 bits per heavy atom. The van der Waals surface area contributed by atoms with E-state index in [0.717, 1.165) is 9.75 Å². The van der Waals surface area contributed by atoms with Crippen LogP contribution in [0.3, 0.4) is 0 Å². The van der Waals surface area contributed by atoms with Crippen LogP contribution in [0.4, 0.5) is 0 Å². The molecule has 0 amide bonds. The van der Waals surface area contributed by atoms with Crippen LogP contribution in [0.1, 0.15) is 36.9 Å². The van der Waals surface area contributed by atoms with Crippen LogP contribution in [-0.2, 0) is 21.3 Å². The first-order valence-corrected chi connectivity index (χ1v) is 9.46. The van der Waals surface area contributed by atoms with Crippen LogP contribution >= 0.6 is 11.3 Å². The molecule has 7 heteroatoms. The van der Waals surface area contributed by atoms with Gasteiger partial charge < -0.3 is 10.1 Å². The van der Waals surface area contributed by atoms with E-state index in [1.165, 1.54) is 11.3 Å². The fraction of sp³-hybridized carbons (Fsp3) is 0.714. The van der Waals surface area contributed by atoms with E-state index in [0.29, 0.717) is 37.1 Å². The van der Waals surface area contributed by atoms with Gasteiger partial charge in [-0.05, 0) is 26.3 Å². The zero-order chi connectivity index (χ0) is 15.7. The molecule has 2 heterocycles. The molecule has 0 spiro atoms. The molecular formula is C14H24N2O3S2. The van der Waals surface area contributed by atoms with E-state index in [2.05, 4.69) is 23.9 Å². The molecule has 0 aliphatic carbocycles. The standard InChI is InChI=1S/C14H24N2O3S2/c1-10(2)15-8-12-7-13(11(3)20-12)21(17,18)16-14(4)5-6-19-9-14/h7,10,15-16H,5-6,8-9H2,1-4H3. The summed E-state index contributed by atoms with van der Waals surface area (Å²) in [5, 5.41) is 3.31. The molecular weight excluding hydrogens is 308 g/mol. The molecule has 0 saturated carbocycles. The molecule has 1 saturated heterocycles. The fourth-order valence-corrected chi connectivity index (χ4v) is 5.32. The Kier molecular flexibility index (Phi) is 5.10. The third-order valence-corrected chi connectivity index (χ3v) is 6.44. The minimum Gasteiger partial charge on any atom is -0.379 e. The summed E-state index contributed by atoms with van der Waals surface area (Å²) < 4.78 is 33.3. The molecule has 1 fully saturated rings. The van der Waals surface area contributed by atoms with Gasteiger partial charge >= 0.3 is 0 Å². The lowest BCUT2D eigenvalue weighted by Gasteiger charge is -2.23. The Labute approximate surface area is 131 Å². The number of hydrogen-bond acceptors (Lipinski definition) is 5. The molecule has 5 nitrogen and oxygen atoms in total. The van der Waals surface area contributed by atoms with Gasteiger partial charge in [0.25, 0.3) is 0 Å². The average Bonchev–Trinajstić information content (AvgIpc) is 2.92. The summed E-state index contributed by atoms with van der Waals surface area (Å²) in [4.78, 5) is 2.25. The van der Waals surface area contributed by atoms with Crippen LogP contribution in [0.15, 0.2) is 11.0 Å². The maximum Gasteiger partial charge on any atom is 0.242 e. The molecule has 0 aromatic carbocycles. The van der Waals surface area contributed by atoms with Gasteiger partial charge in [0, 0.05) is 28.9 Å². The Morgan fingerprint density at radius 3 is 2.76 bits per heavy atom. The topological polar surface area (TPSA) is 67.4 Å². The molecule has 1 aromatic rings. The van der Waals surface area contributed by atoms with Gasteiger partial charge in [-0.25, -0.2) is 13.1 Å². The summed E-state index contributed by atoms with van der Waals surface area (Å²) >= 11 is 1.53. The second-order valence-corrected chi connectivity index (χ2v) is 9.13. The summed E-state index contributed by atoms with van der Waals surface area (Å²) in [5.41, 5.74) is -0.496. The number of rotatable bonds is 6. The van der Waals surface area contributed by atoms with Gasteiger partial charge in [0.1, 0.15) is 0 Å². The highest BCUT2D eigenvalue weighted by Crippen LogP contribution is 2.28. The number of ether oxygens (including phenoxy) is 1. The molecule has 2 N–H and O–H groups in total. The third-order valence-electron chi connectivity index (χ3n) is 3.50. The molecule has 0 bridgehead atoms. The maximum atomic E-state index is 12.6. The van der Waals surface area contributed by atoms with Crippen molar-refractivity contribution in [3.05, 3.63) is 15.8 Å². The molecule has 2 rings (SSSR count). The second-order valence-electron chi connectivity index (χ2n) is 6.14. The second kappa shape index (κ2) is 6.34. The molecule has 1 aliphatic heterocycles. The number of thiophene rings is 1. The van der Waals surface area contributed by atoms with Crippen molar-refractivity contribution in [2.75, 3.05) is 13.2 Å². The van der Waals surface area contributed by atoms with E-state index >= 15 is 0 Å². The SMILES string of the molecule is Cc1sc(CNC(C)C)cc1S(=O)(=O)NC1(C)CCOC1. The van der Waals surface area contributed by atoms with E-state index in [4.69, 9.17) is 4.74 Å². The summed E-state index contributed by atoms with van der Waals surface area (Å²) in [6.07, 6.45) is 0.706. The molecule has 120 valence electrons. The largest absolute Gasteiger partial charge is 0.379 e. The van der Waals surface area contributed by atoms with Gasteiger partial charge in [-0.15, -0.1) is 11.3 Å². The van der Waals surface area contributed by atoms with Crippen molar-refractivity contribution >= 4 is 21.4 Å². The number of hydrogen-bond donors (Lipinski definition) is 2. The Morgan fingerprint density at radius 1 is 1.48 bits per heavy atom. The highest BCUT2D eigenvalue weighted by atomic mass is 32.2. The number of sulfonamides is 1. The summed E-state index contributed by atoms with van der Waals surface area (Å²) in [6.45, 7) is 9.61. The van der Waals surface area contributed by atoms with E-state index in [-0.39, 0.29) is 0 Å². The minimum absolute atomic E-state index is 0.375. The van der Waals surface area contributed by atoms with Crippen molar-refractivity contribution in [2.24, 2.45) is 0 Å². The minimum atomic E-state index is -3.50. The predicted octanol–water partition coefficient (Wildman–Crippen LogP) is 2.01. The smallest absolute Gasteiger partial charge is 0.242 e. The molecule has 1 aromatic heterocycles. The maximum absolute atomic E-state index is 12.6. The van der Waals surface area contributed by atoms with Crippen LogP contribution in [0, 0.1) is 6.92 Å². The first-order valence-electron chi connectivity index (χ1n) is 7.16. The van der Waals surface area contributed by atoms with Gasteiger partial charge in [-0.1, -0.05) is 13.8 Å². The van der Waals surface area contributed by atoms with Crippen LogP contribution in [0.25, 0.3) is 0 Å². The zero-order valence-corrected chi connectivity index (χ0v) is 14.7. The monoisotopic (exact) mass is 332 g/mol. The van der Waals surface area contributed by atoms with Crippen molar-refractivity contribution in [3.8, 4) is 0 Å². The summed E-state index contributed by atoms with van der Waals surface area (Å²) in [7, 11) is -3.50. The average molecular weight is 332 g/mol. The summed E-state index contributed by atoms with van der Waals surface area (Å²) in [6, 6.07) is 2.15.